The molecule has 5 aromatic carbocycles. The van der Waals surface area contributed by atoms with E-state index >= 15 is 0 Å². The van der Waals surface area contributed by atoms with Gasteiger partial charge in [0.05, 0.1) is 38.7 Å². The van der Waals surface area contributed by atoms with Crippen LogP contribution in [-0.2, 0) is 10.1 Å². The first-order valence-electron chi connectivity index (χ1n) is 12.7. The molecule has 0 amide bonds. The molecule has 0 aliphatic heterocycles. The van der Waals surface area contributed by atoms with E-state index < -0.39 is 25.7 Å². The van der Waals surface area contributed by atoms with Crippen LogP contribution in [0.5, 0.6) is 5.75 Å². The van der Waals surface area contributed by atoms with Crippen molar-refractivity contribution in [1.82, 2.24) is 0 Å². The third kappa shape index (κ3) is 6.43. The highest BCUT2D eigenvalue weighted by Gasteiger charge is 2.22. The number of nitrogen functional groups attached to an aromatic ring is 1. The third-order valence-corrected chi connectivity index (χ3v) is 7.22. The van der Waals surface area contributed by atoms with Gasteiger partial charge in [-0.15, -0.1) is 10.2 Å². The maximum atomic E-state index is 12.2. The van der Waals surface area contributed by atoms with Crippen molar-refractivity contribution in [1.29, 1.82) is 0 Å². The van der Waals surface area contributed by atoms with E-state index in [4.69, 9.17) is 5.73 Å². The number of benzene rings is 5. The summed E-state index contributed by atoms with van der Waals surface area (Å²) in [4.78, 5) is 9.72. The van der Waals surface area contributed by atoms with E-state index in [1.54, 1.807) is 18.2 Å². The normalized spacial score (nSPS) is 12.1. The van der Waals surface area contributed by atoms with Gasteiger partial charge in [-0.05, 0) is 67.1 Å². The molecule has 0 heterocycles. The number of azo groups is 3. The molecule has 220 valence electrons. The molecular formula is C29H22N8O6S. The van der Waals surface area contributed by atoms with Gasteiger partial charge in [-0.2, -0.15) is 28.9 Å². The van der Waals surface area contributed by atoms with Gasteiger partial charge in [-0.25, -0.2) is 0 Å². The molecule has 44 heavy (non-hydrogen) atoms. The number of hydrogen-bond acceptors (Lipinski definition) is 12. The van der Waals surface area contributed by atoms with Gasteiger partial charge in [0.2, 0.25) is 0 Å². The lowest BCUT2D eigenvalue weighted by molar-refractivity contribution is -0.384. The summed E-state index contributed by atoms with van der Waals surface area (Å²) >= 11 is 0. The summed E-state index contributed by atoms with van der Waals surface area (Å²) < 4.78 is 34.3. The Morgan fingerprint density at radius 2 is 1.30 bits per heavy atom. The lowest BCUT2D eigenvalue weighted by Crippen LogP contribution is -2.00. The van der Waals surface area contributed by atoms with Crippen LogP contribution in [0.1, 0.15) is 5.56 Å². The Balaban J connectivity index is 1.50. The molecule has 0 atom stereocenters. The van der Waals surface area contributed by atoms with Gasteiger partial charge in [0.1, 0.15) is 16.3 Å². The maximum Gasteiger partial charge on any atom is 0.295 e. The number of nitro groups is 1. The van der Waals surface area contributed by atoms with E-state index in [1.165, 1.54) is 36.4 Å². The van der Waals surface area contributed by atoms with Gasteiger partial charge in [-0.3, -0.25) is 14.7 Å². The van der Waals surface area contributed by atoms with Crippen LogP contribution in [0, 0.1) is 17.0 Å². The second-order valence-corrected chi connectivity index (χ2v) is 10.7. The van der Waals surface area contributed by atoms with Crippen LogP contribution in [-0.4, -0.2) is 23.0 Å². The summed E-state index contributed by atoms with van der Waals surface area (Å²) in [6.07, 6.45) is 0. The number of nitro benzene ring substituents is 1. The molecule has 5 rings (SSSR count). The predicted molar refractivity (Wildman–Crippen MR) is 163 cm³/mol. The fraction of sp³-hybridized carbons (Fsp3) is 0.0345. The van der Waals surface area contributed by atoms with Crippen molar-refractivity contribution in [3.63, 3.8) is 0 Å². The second-order valence-electron chi connectivity index (χ2n) is 9.32. The number of hydrogen-bond donors (Lipinski definition) is 3. The van der Waals surface area contributed by atoms with Crippen LogP contribution in [0.3, 0.4) is 0 Å². The Morgan fingerprint density at radius 3 is 1.93 bits per heavy atom. The van der Waals surface area contributed by atoms with Crippen molar-refractivity contribution in [2.24, 2.45) is 30.7 Å². The lowest BCUT2D eigenvalue weighted by atomic mass is 10.1. The maximum absolute atomic E-state index is 12.2. The lowest BCUT2D eigenvalue weighted by Gasteiger charge is -2.12. The largest absolute Gasteiger partial charge is 0.505 e. The number of nitrogens with two attached hydrogens (primary N) is 1. The van der Waals surface area contributed by atoms with Crippen molar-refractivity contribution >= 4 is 66.4 Å². The molecule has 0 saturated heterocycles. The summed E-state index contributed by atoms with van der Waals surface area (Å²) in [6.45, 7) is 1.84. The fourth-order valence-corrected chi connectivity index (χ4v) is 4.84. The smallest absolute Gasteiger partial charge is 0.295 e. The summed E-state index contributed by atoms with van der Waals surface area (Å²) in [7, 11) is -4.80. The molecule has 15 heteroatoms. The minimum atomic E-state index is -4.80. The topological polar surface area (TPSA) is 218 Å². The van der Waals surface area contributed by atoms with E-state index in [9.17, 15) is 28.2 Å². The number of rotatable bonds is 8. The quantitative estimate of drug-likeness (QED) is 0.0508. The molecule has 0 saturated carbocycles. The summed E-state index contributed by atoms with van der Waals surface area (Å²) in [6, 6.07) is 23.1. The van der Waals surface area contributed by atoms with Crippen LogP contribution in [0.2, 0.25) is 0 Å². The SMILES string of the molecule is Cc1cc(N=Nc2ccc3c(S(=O)(=O)O)cc(N=Nc4ccc([N+](=O)[O-])cc4)c(O)c3c2N)ccc1N=Nc1ccccc1. The van der Waals surface area contributed by atoms with Crippen LogP contribution in [0.25, 0.3) is 10.8 Å². The highest BCUT2D eigenvalue weighted by molar-refractivity contribution is 7.86. The molecule has 4 N–H and O–H groups in total. The highest BCUT2D eigenvalue weighted by Crippen LogP contribution is 2.45. The molecule has 0 aliphatic carbocycles. The molecule has 14 nitrogen and oxygen atoms in total. The monoisotopic (exact) mass is 610 g/mol. The van der Waals surface area contributed by atoms with E-state index in [1.807, 2.05) is 37.3 Å². The van der Waals surface area contributed by atoms with Crippen LogP contribution >= 0.6 is 0 Å². The average molecular weight is 611 g/mol. The fourth-order valence-electron chi connectivity index (χ4n) is 4.13. The average Bonchev–Trinajstić information content (AvgIpc) is 3.00. The van der Waals surface area contributed by atoms with Gasteiger partial charge < -0.3 is 10.8 Å². The Morgan fingerprint density at radius 1 is 0.727 bits per heavy atom. The van der Waals surface area contributed by atoms with Crippen molar-refractivity contribution in [3.05, 3.63) is 107 Å². The number of nitrogens with zero attached hydrogens (tertiary/aromatic N) is 7. The Kier molecular flexibility index (Phi) is 8.15. The first kappa shape index (κ1) is 29.6. The number of fused-ring (bicyclic) bond motifs is 1. The van der Waals surface area contributed by atoms with Crippen molar-refractivity contribution in [2.45, 2.75) is 11.8 Å². The standard InChI is InChI=1S/C29H22N8O6S/c1-17-15-20(9-13-23(17)34-31-18-5-3-2-4-6-18)33-35-24-14-12-22-26(44(41,42)43)16-25(29(38)27(22)28(24)30)36-32-19-7-10-21(11-8-19)37(39)40/h2-16,38H,30H2,1H3,(H,41,42,43). The number of non-ortho nitro benzene ring substituents is 1. The van der Waals surface area contributed by atoms with Crippen molar-refractivity contribution < 1.29 is 23.0 Å². The Bertz CT molecular complexity index is 2100. The first-order chi connectivity index (χ1) is 21.0. The number of phenols is 1. The van der Waals surface area contributed by atoms with Crippen molar-refractivity contribution in [3.8, 4) is 5.75 Å². The molecule has 0 radical (unpaired) electrons. The zero-order valence-corrected chi connectivity index (χ0v) is 23.6. The molecule has 0 spiro atoms. The Labute approximate surface area is 249 Å². The van der Waals surface area contributed by atoms with E-state index in [0.717, 1.165) is 11.6 Å². The van der Waals surface area contributed by atoms with Gasteiger partial charge in [-0.1, -0.05) is 24.3 Å². The van der Waals surface area contributed by atoms with Gasteiger partial charge >= 0.3 is 0 Å². The minimum Gasteiger partial charge on any atom is -0.505 e. The van der Waals surface area contributed by atoms with E-state index in [-0.39, 0.29) is 39.2 Å². The molecular weight excluding hydrogens is 588 g/mol. The molecule has 0 aliphatic rings. The van der Waals surface area contributed by atoms with Gasteiger partial charge in [0.15, 0.2) is 5.75 Å². The van der Waals surface area contributed by atoms with Crippen LogP contribution < -0.4 is 5.73 Å². The van der Waals surface area contributed by atoms with Gasteiger partial charge in [0.25, 0.3) is 15.8 Å². The van der Waals surface area contributed by atoms with Gasteiger partial charge in [0, 0.05) is 17.5 Å². The summed E-state index contributed by atoms with van der Waals surface area (Å²) in [5.74, 6) is -0.531. The first-order valence-corrected chi connectivity index (χ1v) is 14.2. The van der Waals surface area contributed by atoms with Crippen LogP contribution in [0.4, 0.5) is 45.5 Å². The molecule has 0 fully saturated rings. The Hall–Kier alpha value is -5.93. The summed E-state index contributed by atoms with van der Waals surface area (Å²) in [5.41, 5.74) is 8.56. The third-order valence-electron chi connectivity index (χ3n) is 6.33. The minimum absolute atomic E-state index is 0.0836. The highest BCUT2D eigenvalue weighted by atomic mass is 32.2. The zero-order chi connectivity index (χ0) is 31.4. The number of anilines is 1. The molecule has 0 aromatic heterocycles. The number of aromatic hydroxyl groups is 1. The second kappa shape index (κ2) is 12.1. The van der Waals surface area contributed by atoms with Crippen LogP contribution in [0.15, 0.2) is 127 Å². The number of aryl methyl sites for hydroxylation is 1. The van der Waals surface area contributed by atoms with E-state index in [0.29, 0.717) is 17.1 Å². The number of phenolic OH excluding ortho intramolecular Hbond substituents is 1. The van der Waals surface area contributed by atoms with E-state index in [2.05, 4.69) is 30.7 Å². The molecule has 5 aromatic rings. The zero-order valence-electron chi connectivity index (χ0n) is 22.8. The predicted octanol–water partition coefficient (Wildman–Crippen LogP) is 8.84. The molecule has 0 bridgehead atoms. The molecule has 0 unspecified atom stereocenters. The summed E-state index contributed by atoms with van der Waals surface area (Å²) in [5, 5.41) is 46.4. The van der Waals surface area contributed by atoms with Crippen molar-refractivity contribution in [2.75, 3.05) is 5.73 Å².